The maximum atomic E-state index is 13.9. The summed E-state index contributed by atoms with van der Waals surface area (Å²) in [5, 5.41) is 23.2. The van der Waals surface area contributed by atoms with Gasteiger partial charge in [0, 0.05) is 39.0 Å². The fourth-order valence-electron chi connectivity index (χ4n) is 4.87. The number of carboxylic acids is 1. The number of aromatic carboxylic acids is 1. The van der Waals surface area contributed by atoms with Gasteiger partial charge >= 0.3 is 5.97 Å². The monoisotopic (exact) mass is 577 g/mol. The number of rotatable bonds is 8. The third kappa shape index (κ3) is 5.71. The lowest BCUT2D eigenvalue weighted by molar-refractivity contribution is 0.0696. The van der Waals surface area contributed by atoms with Crippen LogP contribution in [0, 0.1) is 11.3 Å². The van der Waals surface area contributed by atoms with Crippen LogP contribution in [0.4, 0.5) is 0 Å². The van der Waals surface area contributed by atoms with Crippen LogP contribution in [-0.2, 0) is 6.54 Å². The molecule has 6 rings (SSSR count). The second-order valence-corrected chi connectivity index (χ2v) is 11.5. The van der Waals surface area contributed by atoms with Crippen LogP contribution in [0.2, 0.25) is 5.02 Å². The van der Waals surface area contributed by atoms with Crippen molar-refractivity contribution < 1.29 is 14.7 Å². The minimum Gasteiger partial charge on any atom is -0.478 e. The molecule has 8 heteroatoms. The number of fused-ring (bicyclic) bond motifs is 1. The lowest BCUT2D eigenvalue weighted by Crippen LogP contribution is -2.23. The van der Waals surface area contributed by atoms with Crippen molar-refractivity contribution in [3.05, 3.63) is 118 Å². The Morgan fingerprint density at radius 1 is 1.00 bits per heavy atom. The summed E-state index contributed by atoms with van der Waals surface area (Å²) in [4.78, 5) is 27.1. The number of nitrogens with zero attached hydrogens (tertiary/aromatic N) is 2. The van der Waals surface area contributed by atoms with Crippen molar-refractivity contribution in [2.75, 3.05) is 0 Å². The van der Waals surface area contributed by atoms with Crippen LogP contribution in [0.25, 0.3) is 22.0 Å². The number of hydrogen-bond donors (Lipinski definition) is 2. The molecule has 6 nitrogen and oxygen atoms in total. The van der Waals surface area contributed by atoms with E-state index in [1.165, 1.54) is 12.1 Å². The van der Waals surface area contributed by atoms with E-state index in [4.69, 9.17) is 11.6 Å². The molecule has 1 heterocycles. The Morgan fingerprint density at radius 3 is 2.44 bits per heavy atom. The molecule has 2 N–H and O–H groups in total. The molecule has 1 saturated carbocycles. The fourth-order valence-corrected chi connectivity index (χ4v) is 6.00. The first-order valence-corrected chi connectivity index (χ1v) is 14.3. The SMILES string of the molecule is N#Cc1cccc(-c2cc(C(=O)NCc3ccc(C(=O)O)cc3)c3c(Sc4ccc(Cl)cc4)cn(C4CC4)c3c2)c1. The number of carbonyl (C=O) groups is 2. The summed E-state index contributed by atoms with van der Waals surface area (Å²) in [6.07, 6.45) is 4.30. The van der Waals surface area contributed by atoms with Crippen LogP contribution in [0.5, 0.6) is 0 Å². The highest BCUT2D eigenvalue weighted by Gasteiger charge is 2.28. The molecule has 41 heavy (non-hydrogen) atoms. The minimum atomic E-state index is -0.994. The second-order valence-electron chi connectivity index (χ2n) is 9.98. The molecule has 0 radical (unpaired) electrons. The van der Waals surface area contributed by atoms with Gasteiger partial charge in [0.2, 0.25) is 0 Å². The third-order valence-corrected chi connectivity index (χ3v) is 8.39. The van der Waals surface area contributed by atoms with E-state index in [9.17, 15) is 20.0 Å². The zero-order valence-electron chi connectivity index (χ0n) is 21.8. The van der Waals surface area contributed by atoms with E-state index in [1.54, 1.807) is 30.0 Å². The molecule has 5 aromatic rings. The first-order valence-electron chi connectivity index (χ1n) is 13.1. The lowest BCUT2D eigenvalue weighted by Gasteiger charge is -2.12. The zero-order valence-corrected chi connectivity index (χ0v) is 23.4. The van der Waals surface area contributed by atoms with Gasteiger partial charge in [-0.25, -0.2) is 4.79 Å². The highest BCUT2D eigenvalue weighted by atomic mass is 35.5. The molecule has 1 fully saturated rings. The van der Waals surface area contributed by atoms with E-state index >= 15 is 0 Å². The van der Waals surface area contributed by atoms with Gasteiger partial charge in [-0.2, -0.15) is 5.26 Å². The Kier molecular flexibility index (Phi) is 7.27. The van der Waals surface area contributed by atoms with Crippen molar-refractivity contribution in [3.63, 3.8) is 0 Å². The summed E-state index contributed by atoms with van der Waals surface area (Å²) in [5.74, 6) is -1.23. The average molecular weight is 578 g/mol. The molecule has 0 bridgehead atoms. The summed E-state index contributed by atoms with van der Waals surface area (Å²) in [7, 11) is 0. The number of hydrogen-bond acceptors (Lipinski definition) is 4. The van der Waals surface area contributed by atoms with Gasteiger partial charge in [0.1, 0.15) is 0 Å². The number of aromatic nitrogens is 1. The Balaban J connectivity index is 1.45. The predicted molar refractivity (Wildman–Crippen MR) is 161 cm³/mol. The predicted octanol–water partition coefficient (Wildman–Crippen LogP) is 7.95. The standard InChI is InChI=1S/C33H24ClN3O3S/c34-25-8-12-27(13-9-25)41-30-19-37(26-10-11-26)29-16-24(23-3-1-2-21(14-23)17-35)15-28(31(29)30)32(38)36-18-20-4-6-22(7-5-20)33(39)40/h1-9,12-16,19,26H,10-11,18H2,(H,36,38)(H,39,40). The van der Waals surface area contributed by atoms with Gasteiger partial charge in [0.15, 0.2) is 0 Å². The van der Waals surface area contributed by atoms with Crippen molar-refractivity contribution in [2.45, 2.75) is 35.2 Å². The largest absolute Gasteiger partial charge is 0.478 e. The molecule has 1 aromatic heterocycles. The van der Waals surface area contributed by atoms with E-state index in [2.05, 4.69) is 28.2 Å². The molecular formula is C33H24ClN3O3S. The normalized spacial score (nSPS) is 12.7. The molecule has 0 atom stereocenters. The van der Waals surface area contributed by atoms with E-state index in [-0.39, 0.29) is 18.0 Å². The molecule has 1 aliphatic carbocycles. The van der Waals surface area contributed by atoms with Crippen molar-refractivity contribution >= 4 is 46.1 Å². The molecule has 0 saturated heterocycles. The Labute approximate surface area is 246 Å². The average Bonchev–Trinajstić information content (AvgIpc) is 3.78. The van der Waals surface area contributed by atoms with E-state index < -0.39 is 5.97 Å². The van der Waals surface area contributed by atoms with Crippen LogP contribution in [-0.4, -0.2) is 21.6 Å². The number of nitriles is 1. The molecule has 1 aliphatic rings. The highest BCUT2D eigenvalue weighted by molar-refractivity contribution is 7.99. The molecule has 1 amide bonds. The van der Waals surface area contributed by atoms with E-state index in [0.717, 1.165) is 50.2 Å². The number of benzene rings is 4. The molecule has 0 aliphatic heterocycles. The maximum absolute atomic E-state index is 13.9. The van der Waals surface area contributed by atoms with Crippen LogP contribution in [0.3, 0.4) is 0 Å². The minimum absolute atomic E-state index is 0.194. The fraction of sp³-hybridized carbons (Fsp3) is 0.121. The van der Waals surface area contributed by atoms with Crippen molar-refractivity contribution in [1.29, 1.82) is 5.26 Å². The molecule has 0 unspecified atom stereocenters. The highest BCUT2D eigenvalue weighted by Crippen LogP contribution is 2.45. The molecule has 202 valence electrons. The van der Waals surface area contributed by atoms with Gasteiger partial charge in [-0.15, -0.1) is 0 Å². The van der Waals surface area contributed by atoms with Crippen LogP contribution < -0.4 is 5.32 Å². The molecular weight excluding hydrogens is 554 g/mol. The second kappa shape index (κ2) is 11.2. The van der Waals surface area contributed by atoms with Gasteiger partial charge in [-0.1, -0.05) is 47.6 Å². The maximum Gasteiger partial charge on any atom is 0.335 e. The first kappa shape index (κ1) is 26.7. The number of carbonyl (C=O) groups excluding carboxylic acids is 1. The first-order chi connectivity index (χ1) is 19.9. The van der Waals surface area contributed by atoms with Gasteiger partial charge in [0.25, 0.3) is 5.91 Å². The molecule has 4 aromatic carbocycles. The van der Waals surface area contributed by atoms with Crippen molar-refractivity contribution in [2.24, 2.45) is 0 Å². The van der Waals surface area contributed by atoms with Crippen LogP contribution in [0.15, 0.2) is 101 Å². The summed E-state index contributed by atoms with van der Waals surface area (Å²) in [6.45, 7) is 0.247. The number of nitrogens with one attached hydrogen (secondary N) is 1. The summed E-state index contributed by atoms with van der Waals surface area (Å²) >= 11 is 7.71. The lowest BCUT2D eigenvalue weighted by atomic mass is 9.98. The third-order valence-electron chi connectivity index (χ3n) is 7.10. The van der Waals surface area contributed by atoms with Crippen LogP contribution in [0.1, 0.15) is 50.7 Å². The quantitative estimate of drug-likeness (QED) is 0.195. The smallest absolute Gasteiger partial charge is 0.335 e. The summed E-state index contributed by atoms with van der Waals surface area (Å²) in [5.41, 5.74) is 4.77. The van der Waals surface area contributed by atoms with Gasteiger partial charge in [-0.3, -0.25) is 4.79 Å². The Morgan fingerprint density at radius 2 is 1.76 bits per heavy atom. The van der Waals surface area contributed by atoms with Gasteiger partial charge in [0.05, 0.1) is 28.3 Å². The van der Waals surface area contributed by atoms with Gasteiger partial charge < -0.3 is 15.0 Å². The van der Waals surface area contributed by atoms with Crippen LogP contribution >= 0.6 is 23.4 Å². The van der Waals surface area contributed by atoms with Crippen molar-refractivity contribution in [3.8, 4) is 17.2 Å². The van der Waals surface area contributed by atoms with E-state index in [0.29, 0.717) is 22.2 Å². The topological polar surface area (TPSA) is 95.1 Å². The summed E-state index contributed by atoms with van der Waals surface area (Å²) in [6, 6.07) is 28.1. The Hall–Kier alpha value is -4.51. The number of carboxylic acid groups (broad SMARTS) is 1. The van der Waals surface area contributed by atoms with Crippen molar-refractivity contribution in [1.82, 2.24) is 9.88 Å². The Bertz CT molecular complexity index is 1840. The molecule has 0 spiro atoms. The number of amides is 1. The van der Waals surface area contributed by atoms with Gasteiger partial charge in [-0.05, 0) is 90.2 Å². The zero-order chi connectivity index (χ0) is 28.5. The number of halogens is 1. The summed E-state index contributed by atoms with van der Waals surface area (Å²) < 4.78 is 2.27. The van der Waals surface area contributed by atoms with E-state index in [1.807, 2.05) is 48.5 Å².